The van der Waals surface area contributed by atoms with E-state index in [1.54, 1.807) is 0 Å². The van der Waals surface area contributed by atoms with Gasteiger partial charge in [0.25, 0.3) is 0 Å². The lowest BCUT2D eigenvalue weighted by Gasteiger charge is -2.23. The molecule has 0 amide bonds. The van der Waals surface area contributed by atoms with Gasteiger partial charge < -0.3 is 9.84 Å². The highest BCUT2D eigenvalue weighted by atomic mass is 19.1. The summed E-state index contributed by atoms with van der Waals surface area (Å²) in [4.78, 5) is 10.3. The number of rotatable bonds is 2. The normalized spacial score (nSPS) is 11.2. The van der Waals surface area contributed by atoms with Crippen molar-refractivity contribution in [2.24, 2.45) is 0 Å². The monoisotopic (exact) mass is 216 g/mol. The van der Waals surface area contributed by atoms with Gasteiger partial charge in [-0.05, 0) is 26.0 Å². The molecule has 1 N–H and O–H groups in total. The van der Waals surface area contributed by atoms with Gasteiger partial charge in [-0.25, -0.2) is 13.6 Å². The van der Waals surface area contributed by atoms with Crippen LogP contribution in [0.1, 0.15) is 19.4 Å². The number of ether oxygens (including phenoxy) is 1. The summed E-state index contributed by atoms with van der Waals surface area (Å²) in [5.74, 6) is -1.54. The topological polar surface area (TPSA) is 46.5 Å². The third-order valence-electron chi connectivity index (χ3n) is 1.90. The third kappa shape index (κ3) is 2.90. The molecule has 3 nitrogen and oxygen atoms in total. The van der Waals surface area contributed by atoms with E-state index in [-0.39, 0.29) is 5.56 Å². The standard InChI is InChI=1S/C10H10F2O3/c1-10(2,15-9(13)14)6-3-7(11)5-8(12)4-6/h3-5H,1-2H3,(H,13,14). The van der Waals surface area contributed by atoms with Gasteiger partial charge >= 0.3 is 6.16 Å². The first kappa shape index (κ1) is 11.4. The number of benzene rings is 1. The Morgan fingerprint density at radius 1 is 1.27 bits per heavy atom. The predicted octanol–water partition coefficient (Wildman–Crippen LogP) is 2.89. The summed E-state index contributed by atoms with van der Waals surface area (Å²) in [6.45, 7) is 2.82. The average molecular weight is 216 g/mol. The minimum atomic E-state index is -1.50. The molecule has 1 aromatic rings. The predicted molar refractivity (Wildman–Crippen MR) is 48.5 cm³/mol. The summed E-state index contributed by atoms with van der Waals surface area (Å²) >= 11 is 0. The van der Waals surface area contributed by atoms with E-state index >= 15 is 0 Å². The summed E-state index contributed by atoms with van der Waals surface area (Å²) in [6.07, 6.45) is -1.50. The van der Waals surface area contributed by atoms with E-state index in [1.807, 2.05) is 0 Å². The Balaban J connectivity index is 3.08. The second-order valence-electron chi connectivity index (χ2n) is 3.54. The zero-order valence-corrected chi connectivity index (χ0v) is 8.25. The van der Waals surface area contributed by atoms with Crippen LogP contribution in [0.2, 0.25) is 0 Å². The van der Waals surface area contributed by atoms with Gasteiger partial charge in [0.2, 0.25) is 0 Å². The highest BCUT2D eigenvalue weighted by Gasteiger charge is 2.26. The molecule has 0 heterocycles. The van der Waals surface area contributed by atoms with Gasteiger partial charge in [0.15, 0.2) is 0 Å². The summed E-state index contributed by atoms with van der Waals surface area (Å²) < 4.78 is 30.2. The summed E-state index contributed by atoms with van der Waals surface area (Å²) in [5, 5.41) is 8.44. The molecule has 0 fully saturated rings. The van der Waals surface area contributed by atoms with Crippen LogP contribution in [0, 0.1) is 11.6 Å². The van der Waals surface area contributed by atoms with E-state index in [1.165, 1.54) is 13.8 Å². The molecule has 82 valence electrons. The maximum atomic E-state index is 12.9. The van der Waals surface area contributed by atoms with Crippen molar-refractivity contribution in [3.05, 3.63) is 35.4 Å². The van der Waals surface area contributed by atoms with Crippen LogP contribution < -0.4 is 0 Å². The lowest BCUT2D eigenvalue weighted by molar-refractivity contribution is 0.000664. The van der Waals surface area contributed by atoms with Gasteiger partial charge in [-0.2, -0.15) is 0 Å². The quantitative estimate of drug-likeness (QED) is 0.773. The molecule has 0 saturated carbocycles. The number of carbonyl (C=O) groups is 1. The molecule has 15 heavy (non-hydrogen) atoms. The lowest BCUT2D eigenvalue weighted by Crippen LogP contribution is -2.25. The first-order valence-corrected chi connectivity index (χ1v) is 4.20. The fourth-order valence-corrected chi connectivity index (χ4v) is 1.18. The molecule has 0 radical (unpaired) electrons. The molecular formula is C10H10F2O3. The summed E-state index contributed by atoms with van der Waals surface area (Å²) in [5.41, 5.74) is -1.16. The van der Waals surface area contributed by atoms with Crippen LogP contribution in [0.15, 0.2) is 18.2 Å². The van der Waals surface area contributed by atoms with Crippen molar-refractivity contribution < 1.29 is 23.4 Å². The summed E-state index contributed by atoms with van der Waals surface area (Å²) in [7, 11) is 0. The molecule has 1 rings (SSSR count). The highest BCUT2D eigenvalue weighted by molar-refractivity contribution is 5.58. The highest BCUT2D eigenvalue weighted by Crippen LogP contribution is 2.26. The Kier molecular flexibility index (Phi) is 2.93. The van der Waals surface area contributed by atoms with Gasteiger partial charge in [0.1, 0.15) is 17.2 Å². The Morgan fingerprint density at radius 3 is 2.13 bits per heavy atom. The molecule has 0 atom stereocenters. The van der Waals surface area contributed by atoms with Crippen molar-refractivity contribution in [3.8, 4) is 0 Å². The molecule has 0 aliphatic carbocycles. The zero-order chi connectivity index (χ0) is 11.6. The molecule has 0 aromatic heterocycles. The van der Waals surface area contributed by atoms with Gasteiger partial charge in [-0.3, -0.25) is 0 Å². The Hall–Kier alpha value is -1.65. The van der Waals surface area contributed by atoms with Crippen molar-refractivity contribution >= 4 is 6.16 Å². The van der Waals surface area contributed by atoms with Crippen LogP contribution in [-0.4, -0.2) is 11.3 Å². The van der Waals surface area contributed by atoms with E-state index in [9.17, 15) is 13.6 Å². The largest absolute Gasteiger partial charge is 0.506 e. The SMILES string of the molecule is CC(C)(OC(=O)O)c1cc(F)cc(F)c1. The fourth-order valence-electron chi connectivity index (χ4n) is 1.18. The first-order valence-electron chi connectivity index (χ1n) is 4.20. The first-order chi connectivity index (χ1) is 6.81. The molecule has 0 spiro atoms. The van der Waals surface area contributed by atoms with Crippen LogP contribution in [0.25, 0.3) is 0 Å². The number of hydrogen-bond acceptors (Lipinski definition) is 2. The maximum absolute atomic E-state index is 12.9. The Bertz CT molecular complexity index is 368. The Morgan fingerprint density at radius 2 is 1.73 bits per heavy atom. The van der Waals surface area contributed by atoms with Crippen LogP contribution in [0.4, 0.5) is 13.6 Å². The van der Waals surface area contributed by atoms with Gasteiger partial charge in [-0.1, -0.05) is 0 Å². The summed E-state index contributed by atoms with van der Waals surface area (Å²) in [6, 6.07) is 2.78. The molecular weight excluding hydrogens is 206 g/mol. The molecule has 0 bridgehead atoms. The Labute approximate surface area is 85.3 Å². The minimum absolute atomic E-state index is 0.127. The van der Waals surface area contributed by atoms with Gasteiger partial charge in [0, 0.05) is 11.6 Å². The van der Waals surface area contributed by atoms with Crippen LogP contribution in [0.5, 0.6) is 0 Å². The smallest absolute Gasteiger partial charge is 0.450 e. The second-order valence-corrected chi connectivity index (χ2v) is 3.54. The number of hydrogen-bond donors (Lipinski definition) is 1. The molecule has 0 saturated heterocycles. The van der Waals surface area contributed by atoms with E-state index in [0.717, 1.165) is 12.1 Å². The fraction of sp³-hybridized carbons (Fsp3) is 0.300. The molecule has 0 unspecified atom stereocenters. The molecule has 1 aromatic carbocycles. The van der Waals surface area contributed by atoms with Crippen LogP contribution >= 0.6 is 0 Å². The van der Waals surface area contributed by atoms with Crippen molar-refractivity contribution in [3.63, 3.8) is 0 Å². The lowest BCUT2D eigenvalue weighted by atomic mass is 9.98. The van der Waals surface area contributed by atoms with Crippen LogP contribution in [0.3, 0.4) is 0 Å². The number of halogens is 2. The molecule has 0 aliphatic heterocycles. The van der Waals surface area contributed by atoms with Crippen molar-refractivity contribution in [1.29, 1.82) is 0 Å². The van der Waals surface area contributed by atoms with Crippen molar-refractivity contribution in [1.82, 2.24) is 0 Å². The average Bonchev–Trinajstić information content (AvgIpc) is 1.99. The van der Waals surface area contributed by atoms with Crippen molar-refractivity contribution in [2.75, 3.05) is 0 Å². The van der Waals surface area contributed by atoms with Crippen LogP contribution in [-0.2, 0) is 10.3 Å². The zero-order valence-electron chi connectivity index (χ0n) is 8.25. The van der Waals surface area contributed by atoms with E-state index in [0.29, 0.717) is 6.07 Å². The number of carboxylic acid groups (broad SMARTS) is 1. The minimum Gasteiger partial charge on any atom is -0.450 e. The molecule has 0 aliphatic rings. The second kappa shape index (κ2) is 3.84. The molecule has 5 heteroatoms. The van der Waals surface area contributed by atoms with E-state index in [4.69, 9.17) is 5.11 Å². The van der Waals surface area contributed by atoms with Gasteiger partial charge in [0.05, 0.1) is 0 Å². The van der Waals surface area contributed by atoms with Crippen molar-refractivity contribution in [2.45, 2.75) is 19.4 Å². The van der Waals surface area contributed by atoms with E-state index < -0.39 is 23.4 Å². The van der Waals surface area contributed by atoms with Gasteiger partial charge in [-0.15, -0.1) is 0 Å². The maximum Gasteiger partial charge on any atom is 0.506 e. The third-order valence-corrected chi connectivity index (χ3v) is 1.90. The van der Waals surface area contributed by atoms with E-state index in [2.05, 4.69) is 4.74 Å².